The van der Waals surface area contributed by atoms with Crippen molar-refractivity contribution in [3.8, 4) is 11.8 Å². The van der Waals surface area contributed by atoms with Crippen LogP contribution in [0.3, 0.4) is 0 Å². The second-order valence-corrected chi connectivity index (χ2v) is 5.22. The number of hydrogen-bond donors (Lipinski definition) is 0. The molecule has 0 N–H and O–H groups in total. The van der Waals surface area contributed by atoms with E-state index in [9.17, 15) is 5.26 Å². The molecule has 0 bridgehead atoms. The molecule has 2 rings (SSSR count). The van der Waals surface area contributed by atoms with Crippen molar-refractivity contribution in [2.45, 2.75) is 12.5 Å². The second kappa shape index (κ2) is 7.47. The Labute approximate surface area is 126 Å². The van der Waals surface area contributed by atoms with Crippen molar-refractivity contribution in [2.24, 2.45) is 0 Å². The summed E-state index contributed by atoms with van der Waals surface area (Å²) in [6.07, 6.45) is 0.819. The highest BCUT2D eigenvalue weighted by Gasteiger charge is 2.15. The summed E-state index contributed by atoms with van der Waals surface area (Å²) in [5.74, 6) is 0.646. The summed E-state index contributed by atoms with van der Waals surface area (Å²) in [6, 6.07) is 19.7. The molecule has 0 unspecified atom stereocenters. The van der Waals surface area contributed by atoms with E-state index < -0.39 is 0 Å². The molecule has 3 nitrogen and oxygen atoms in total. The number of nitriles is 1. The summed E-state index contributed by atoms with van der Waals surface area (Å²) in [6.45, 7) is 0.925. The minimum absolute atomic E-state index is 0.0527. The van der Waals surface area contributed by atoms with Gasteiger partial charge in [0.2, 0.25) is 0 Å². The highest BCUT2D eigenvalue weighted by Crippen LogP contribution is 2.27. The first-order valence-electron chi connectivity index (χ1n) is 7.06. The SMILES string of the molecule is CN(C)CC[C@@H](Oc1ccccc1C#N)c1ccccc1. The Morgan fingerprint density at radius 3 is 2.38 bits per heavy atom. The van der Waals surface area contributed by atoms with Crippen LogP contribution in [0.5, 0.6) is 5.75 Å². The molecule has 0 fully saturated rings. The smallest absolute Gasteiger partial charge is 0.137 e. The first-order chi connectivity index (χ1) is 10.2. The molecule has 0 saturated carbocycles. The fourth-order valence-corrected chi connectivity index (χ4v) is 2.15. The third-order valence-corrected chi connectivity index (χ3v) is 3.29. The zero-order chi connectivity index (χ0) is 15.1. The summed E-state index contributed by atoms with van der Waals surface area (Å²) in [7, 11) is 4.09. The van der Waals surface area contributed by atoms with Gasteiger partial charge in [-0.3, -0.25) is 0 Å². The molecule has 108 valence electrons. The van der Waals surface area contributed by atoms with Gasteiger partial charge < -0.3 is 9.64 Å². The van der Waals surface area contributed by atoms with Crippen molar-refractivity contribution in [1.29, 1.82) is 5.26 Å². The molecule has 0 aromatic heterocycles. The highest BCUT2D eigenvalue weighted by molar-refractivity contribution is 5.43. The Bertz CT molecular complexity index is 602. The molecular formula is C18H20N2O. The van der Waals surface area contributed by atoms with Crippen molar-refractivity contribution in [2.75, 3.05) is 20.6 Å². The van der Waals surface area contributed by atoms with Gasteiger partial charge in [0.1, 0.15) is 17.9 Å². The van der Waals surface area contributed by atoms with Crippen LogP contribution in [0, 0.1) is 11.3 Å². The number of hydrogen-bond acceptors (Lipinski definition) is 3. The summed E-state index contributed by atoms with van der Waals surface area (Å²) < 4.78 is 6.12. The van der Waals surface area contributed by atoms with Crippen LogP contribution in [0.4, 0.5) is 0 Å². The van der Waals surface area contributed by atoms with E-state index in [0.717, 1.165) is 18.5 Å². The highest BCUT2D eigenvalue weighted by atomic mass is 16.5. The topological polar surface area (TPSA) is 36.3 Å². The Morgan fingerprint density at radius 1 is 1.05 bits per heavy atom. The second-order valence-electron chi connectivity index (χ2n) is 5.22. The fourth-order valence-electron chi connectivity index (χ4n) is 2.15. The number of para-hydroxylation sites is 1. The molecular weight excluding hydrogens is 260 g/mol. The van der Waals surface area contributed by atoms with E-state index in [0.29, 0.717) is 11.3 Å². The van der Waals surface area contributed by atoms with Gasteiger partial charge in [-0.2, -0.15) is 5.26 Å². The largest absolute Gasteiger partial charge is 0.484 e. The van der Waals surface area contributed by atoms with Gasteiger partial charge >= 0.3 is 0 Å². The maximum Gasteiger partial charge on any atom is 0.137 e. The first kappa shape index (κ1) is 15.1. The lowest BCUT2D eigenvalue weighted by Gasteiger charge is -2.22. The van der Waals surface area contributed by atoms with Crippen LogP contribution >= 0.6 is 0 Å². The number of nitrogens with zero attached hydrogens (tertiary/aromatic N) is 2. The van der Waals surface area contributed by atoms with Crippen LogP contribution in [0.25, 0.3) is 0 Å². The van der Waals surface area contributed by atoms with Crippen LogP contribution < -0.4 is 4.74 Å². The maximum atomic E-state index is 9.18. The number of rotatable bonds is 6. The lowest BCUT2D eigenvalue weighted by Crippen LogP contribution is -2.19. The third-order valence-electron chi connectivity index (χ3n) is 3.29. The lowest BCUT2D eigenvalue weighted by atomic mass is 10.1. The fraction of sp³-hybridized carbons (Fsp3) is 0.278. The number of ether oxygens (including phenoxy) is 1. The van der Waals surface area contributed by atoms with Crippen molar-refractivity contribution in [3.63, 3.8) is 0 Å². The van der Waals surface area contributed by atoms with Gasteiger partial charge in [-0.1, -0.05) is 42.5 Å². The Hall–Kier alpha value is -2.31. The van der Waals surface area contributed by atoms with E-state index in [-0.39, 0.29) is 6.10 Å². The van der Waals surface area contributed by atoms with E-state index in [1.165, 1.54) is 0 Å². The third kappa shape index (κ3) is 4.34. The van der Waals surface area contributed by atoms with Crippen LogP contribution in [0.2, 0.25) is 0 Å². The quantitative estimate of drug-likeness (QED) is 0.810. The normalized spacial score (nSPS) is 11.9. The molecule has 0 heterocycles. The van der Waals surface area contributed by atoms with E-state index in [1.807, 2.05) is 50.5 Å². The van der Waals surface area contributed by atoms with Gasteiger partial charge in [-0.15, -0.1) is 0 Å². The van der Waals surface area contributed by atoms with Gasteiger partial charge in [0, 0.05) is 13.0 Å². The molecule has 0 spiro atoms. The molecule has 0 aliphatic carbocycles. The predicted molar refractivity (Wildman–Crippen MR) is 84.1 cm³/mol. The van der Waals surface area contributed by atoms with Crippen LogP contribution in [-0.4, -0.2) is 25.5 Å². The van der Waals surface area contributed by atoms with Crippen molar-refractivity contribution in [1.82, 2.24) is 4.90 Å². The van der Waals surface area contributed by atoms with E-state index in [1.54, 1.807) is 6.07 Å². The van der Waals surface area contributed by atoms with Gasteiger partial charge in [-0.25, -0.2) is 0 Å². The molecule has 0 aliphatic rings. The van der Waals surface area contributed by atoms with Crippen molar-refractivity contribution < 1.29 is 4.74 Å². The molecule has 0 radical (unpaired) electrons. The molecule has 2 aromatic carbocycles. The lowest BCUT2D eigenvalue weighted by molar-refractivity contribution is 0.179. The summed E-state index contributed by atoms with van der Waals surface area (Å²) in [5, 5.41) is 9.18. The van der Waals surface area contributed by atoms with Crippen LogP contribution in [0.1, 0.15) is 23.7 Å². The molecule has 2 aromatic rings. The zero-order valence-electron chi connectivity index (χ0n) is 12.5. The number of benzene rings is 2. The standard InChI is InChI=1S/C18H20N2O/c1-20(2)13-12-18(15-8-4-3-5-9-15)21-17-11-7-6-10-16(17)14-19/h3-11,18H,12-13H2,1-2H3/t18-/m1/s1. The molecule has 1 atom stereocenters. The molecule has 0 saturated heterocycles. The minimum Gasteiger partial charge on any atom is -0.484 e. The van der Waals surface area contributed by atoms with Crippen LogP contribution in [0.15, 0.2) is 54.6 Å². The Morgan fingerprint density at radius 2 is 1.71 bits per heavy atom. The van der Waals surface area contributed by atoms with Gasteiger partial charge in [0.25, 0.3) is 0 Å². The minimum atomic E-state index is -0.0527. The molecule has 0 amide bonds. The molecule has 3 heteroatoms. The van der Waals surface area contributed by atoms with Gasteiger partial charge in [-0.05, 0) is 31.8 Å². The van der Waals surface area contributed by atoms with Crippen molar-refractivity contribution >= 4 is 0 Å². The average Bonchev–Trinajstić information content (AvgIpc) is 2.52. The average molecular weight is 280 g/mol. The van der Waals surface area contributed by atoms with E-state index >= 15 is 0 Å². The van der Waals surface area contributed by atoms with Gasteiger partial charge in [0.05, 0.1) is 5.56 Å². The summed E-state index contributed by atoms with van der Waals surface area (Å²) in [4.78, 5) is 2.13. The zero-order valence-corrected chi connectivity index (χ0v) is 12.5. The monoisotopic (exact) mass is 280 g/mol. The molecule has 21 heavy (non-hydrogen) atoms. The van der Waals surface area contributed by atoms with E-state index in [4.69, 9.17) is 4.74 Å². The predicted octanol–water partition coefficient (Wildman–Crippen LogP) is 3.63. The van der Waals surface area contributed by atoms with E-state index in [2.05, 4.69) is 23.1 Å². The maximum absolute atomic E-state index is 9.18. The molecule has 0 aliphatic heterocycles. The van der Waals surface area contributed by atoms with Crippen molar-refractivity contribution in [3.05, 3.63) is 65.7 Å². The van der Waals surface area contributed by atoms with Crippen LogP contribution in [-0.2, 0) is 0 Å². The Balaban J connectivity index is 2.22. The first-order valence-corrected chi connectivity index (χ1v) is 7.06. The summed E-state index contributed by atoms with van der Waals surface area (Å²) >= 11 is 0. The summed E-state index contributed by atoms with van der Waals surface area (Å²) in [5.41, 5.74) is 1.70. The van der Waals surface area contributed by atoms with Gasteiger partial charge in [0.15, 0.2) is 0 Å². The Kier molecular flexibility index (Phi) is 5.36.